The minimum Gasteiger partial charge on any atom is -0.493 e. The van der Waals surface area contributed by atoms with Crippen LogP contribution in [0.2, 0.25) is 0 Å². The fourth-order valence-corrected chi connectivity index (χ4v) is 4.69. The Morgan fingerprint density at radius 3 is 1.70 bits per heavy atom. The van der Waals surface area contributed by atoms with E-state index in [4.69, 9.17) is 9.47 Å². The van der Waals surface area contributed by atoms with Gasteiger partial charge in [0.15, 0.2) is 9.84 Å². The van der Waals surface area contributed by atoms with Crippen LogP contribution < -0.4 is 9.47 Å². The molecule has 1 aromatic rings. The van der Waals surface area contributed by atoms with Crippen molar-refractivity contribution in [1.29, 1.82) is 0 Å². The highest BCUT2D eigenvalue weighted by molar-refractivity contribution is 7.90. The Balaban J connectivity index is 3.34. The van der Waals surface area contributed by atoms with Crippen LogP contribution in [0.25, 0.3) is 0 Å². The van der Waals surface area contributed by atoms with Crippen LogP contribution in [0.4, 0.5) is 0 Å². The van der Waals surface area contributed by atoms with Gasteiger partial charge in [-0.15, -0.1) is 0 Å². The third-order valence-corrected chi connectivity index (χ3v) is 6.61. The summed E-state index contributed by atoms with van der Waals surface area (Å²) in [5, 5.41) is 0. The van der Waals surface area contributed by atoms with Crippen molar-refractivity contribution in [2.24, 2.45) is 0 Å². The van der Waals surface area contributed by atoms with Gasteiger partial charge in [-0.2, -0.15) is 0 Å². The van der Waals surface area contributed by atoms with E-state index in [-0.39, 0.29) is 11.5 Å². The molecule has 0 saturated heterocycles. The van der Waals surface area contributed by atoms with E-state index in [1.807, 2.05) is 27.7 Å². The Morgan fingerprint density at radius 1 is 0.704 bits per heavy atom. The van der Waals surface area contributed by atoms with Gasteiger partial charge in [0.2, 0.25) is 0 Å². The van der Waals surface area contributed by atoms with E-state index in [2.05, 4.69) is 13.8 Å². The standard InChI is InChI=1S/C22H38O4S/c1-7-10-13-25-21-17(4)18(5)22(26-14-11-8-2)20(19(21)6)16-27(23,24)15-12-9-3/h7-16H2,1-6H3. The van der Waals surface area contributed by atoms with E-state index >= 15 is 0 Å². The maximum absolute atomic E-state index is 12.7. The highest BCUT2D eigenvalue weighted by atomic mass is 32.2. The Labute approximate surface area is 166 Å². The zero-order chi connectivity index (χ0) is 20.4. The summed E-state index contributed by atoms with van der Waals surface area (Å²) in [6, 6.07) is 0. The largest absolute Gasteiger partial charge is 0.493 e. The molecule has 0 N–H and O–H groups in total. The van der Waals surface area contributed by atoms with Crippen molar-refractivity contribution in [2.75, 3.05) is 19.0 Å². The molecule has 0 aliphatic rings. The number of hydrogen-bond donors (Lipinski definition) is 0. The molecule has 1 aromatic carbocycles. The number of hydrogen-bond acceptors (Lipinski definition) is 4. The second-order valence-corrected chi connectivity index (χ2v) is 9.55. The van der Waals surface area contributed by atoms with Crippen LogP contribution in [-0.4, -0.2) is 27.4 Å². The second kappa shape index (κ2) is 11.6. The van der Waals surface area contributed by atoms with E-state index in [0.717, 1.165) is 65.9 Å². The van der Waals surface area contributed by atoms with Crippen molar-refractivity contribution in [3.8, 4) is 11.5 Å². The van der Waals surface area contributed by atoms with Crippen molar-refractivity contribution in [1.82, 2.24) is 0 Å². The van der Waals surface area contributed by atoms with Crippen LogP contribution in [-0.2, 0) is 15.6 Å². The molecule has 0 aliphatic carbocycles. The quantitative estimate of drug-likeness (QED) is 0.401. The van der Waals surface area contributed by atoms with Gasteiger partial charge in [-0.25, -0.2) is 8.42 Å². The van der Waals surface area contributed by atoms with Crippen molar-refractivity contribution in [3.05, 3.63) is 22.3 Å². The van der Waals surface area contributed by atoms with Gasteiger partial charge in [-0.05, 0) is 56.7 Å². The fraction of sp³-hybridized carbons (Fsp3) is 0.727. The smallest absolute Gasteiger partial charge is 0.154 e. The van der Waals surface area contributed by atoms with Gasteiger partial charge in [0.05, 0.1) is 24.7 Å². The maximum atomic E-state index is 12.7. The van der Waals surface area contributed by atoms with Crippen molar-refractivity contribution < 1.29 is 17.9 Å². The first-order valence-electron chi connectivity index (χ1n) is 10.4. The number of unbranched alkanes of at least 4 members (excludes halogenated alkanes) is 3. The summed E-state index contributed by atoms with van der Waals surface area (Å²) in [6.45, 7) is 13.5. The van der Waals surface area contributed by atoms with Gasteiger partial charge < -0.3 is 9.47 Å². The Bertz CT molecular complexity index is 693. The average molecular weight is 399 g/mol. The molecule has 0 fully saturated rings. The monoisotopic (exact) mass is 398 g/mol. The van der Waals surface area contributed by atoms with Gasteiger partial charge in [0, 0.05) is 5.56 Å². The van der Waals surface area contributed by atoms with Crippen molar-refractivity contribution in [2.45, 2.75) is 85.8 Å². The van der Waals surface area contributed by atoms with E-state index < -0.39 is 9.84 Å². The number of rotatable bonds is 13. The molecule has 0 spiro atoms. The maximum Gasteiger partial charge on any atom is 0.154 e. The molecule has 5 heteroatoms. The SMILES string of the molecule is CCCCOc1c(C)c(C)c(OCCCC)c(CS(=O)(=O)CCCC)c1C. The Kier molecular flexibility index (Phi) is 10.2. The van der Waals surface area contributed by atoms with Crippen molar-refractivity contribution in [3.63, 3.8) is 0 Å². The minimum atomic E-state index is -3.18. The lowest BCUT2D eigenvalue weighted by Crippen LogP contribution is -2.14. The summed E-state index contributed by atoms with van der Waals surface area (Å²) in [5.74, 6) is 1.80. The minimum absolute atomic E-state index is 0.0194. The van der Waals surface area contributed by atoms with Crippen LogP contribution in [0.15, 0.2) is 0 Å². The summed E-state index contributed by atoms with van der Waals surface area (Å²) in [4.78, 5) is 0. The zero-order valence-corrected chi connectivity index (χ0v) is 18.9. The van der Waals surface area contributed by atoms with Gasteiger partial charge in [-0.3, -0.25) is 0 Å². The summed E-state index contributed by atoms with van der Waals surface area (Å²) < 4.78 is 37.5. The number of ether oxygens (including phenoxy) is 2. The molecule has 27 heavy (non-hydrogen) atoms. The molecule has 0 heterocycles. The summed E-state index contributed by atoms with van der Waals surface area (Å²) in [6.07, 6.45) is 5.60. The topological polar surface area (TPSA) is 52.6 Å². The Morgan fingerprint density at radius 2 is 1.19 bits per heavy atom. The predicted molar refractivity (Wildman–Crippen MR) is 114 cm³/mol. The van der Waals surface area contributed by atoms with Crippen LogP contribution in [0, 0.1) is 20.8 Å². The highest BCUT2D eigenvalue weighted by Crippen LogP contribution is 2.39. The second-order valence-electron chi connectivity index (χ2n) is 7.36. The predicted octanol–water partition coefficient (Wildman–Crippen LogP) is 5.68. The van der Waals surface area contributed by atoms with Crippen LogP contribution in [0.1, 0.15) is 81.5 Å². The lowest BCUT2D eigenvalue weighted by atomic mass is 9.98. The first-order chi connectivity index (χ1) is 12.8. The van der Waals surface area contributed by atoms with E-state index in [0.29, 0.717) is 19.6 Å². The van der Waals surface area contributed by atoms with Crippen LogP contribution in [0.5, 0.6) is 11.5 Å². The molecule has 0 aromatic heterocycles. The molecule has 4 nitrogen and oxygen atoms in total. The van der Waals surface area contributed by atoms with E-state index in [1.165, 1.54) is 0 Å². The molecular formula is C22H38O4S. The van der Waals surface area contributed by atoms with Gasteiger partial charge >= 0.3 is 0 Å². The highest BCUT2D eigenvalue weighted by Gasteiger charge is 2.24. The summed E-state index contributed by atoms with van der Waals surface area (Å²) in [7, 11) is -3.18. The van der Waals surface area contributed by atoms with Gasteiger partial charge in [-0.1, -0.05) is 40.0 Å². The zero-order valence-electron chi connectivity index (χ0n) is 18.1. The third-order valence-electron chi connectivity index (χ3n) is 4.97. The molecule has 0 bridgehead atoms. The molecule has 0 saturated carbocycles. The lowest BCUT2D eigenvalue weighted by molar-refractivity contribution is 0.294. The van der Waals surface area contributed by atoms with Gasteiger partial charge in [0.1, 0.15) is 11.5 Å². The van der Waals surface area contributed by atoms with E-state index in [9.17, 15) is 8.42 Å². The molecular weight excluding hydrogens is 360 g/mol. The van der Waals surface area contributed by atoms with Crippen molar-refractivity contribution >= 4 is 9.84 Å². The molecule has 0 amide bonds. The number of benzene rings is 1. The number of sulfone groups is 1. The van der Waals surface area contributed by atoms with E-state index in [1.54, 1.807) is 0 Å². The van der Waals surface area contributed by atoms with Crippen LogP contribution in [0.3, 0.4) is 0 Å². The average Bonchev–Trinajstić information content (AvgIpc) is 2.63. The Hall–Kier alpha value is -1.23. The van der Waals surface area contributed by atoms with Gasteiger partial charge in [0.25, 0.3) is 0 Å². The molecule has 0 radical (unpaired) electrons. The summed E-state index contributed by atoms with van der Waals surface area (Å²) in [5.41, 5.74) is 3.71. The molecule has 0 aliphatic heterocycles. The molecule has 156 valence electrons. The fourth-order valence-electron chi connectivity index (χ4n) is 3.03. The molecule has 0 unspecified atom stereocenters. The van der Waals surface area contributed by atoms with Crippen LogP contribution >= 0.6 is 0 Å². The normalized spacial score (nSPS) is 11.6. The lowest BCUT2D eigenvalue weighted by Gasteiger charge is -2.23. The summed E-state index contributed by atoms with van der Waals surface area (Å²) >= 11 is 0. The first-order valence-corrected chi connectivity index (χ1v) is 12.2. The first kappa shape index (κ1) is 23.8. The molecule has 0 atom stereocenters. The molecule has 1 rings (SSSR count). The third kappa shape index (κ3) is 7.02.